The van der Waals surface area contributed by atoms with E-state index >= 15 is 0 Å². The van der Waals surface area contributed by atoms with Gasteiger partial charge in [0.1, 0.15) is 5.60 Å². The molecule has 1 saturated carbocycles. The minimum absolute atomic E-state index is 0.190. The summed E-state index contributed by atoms with van der Waals surface area (Å²) in [6, 6.07) is 4.13. The fourth-order valence-electron chi connectivity index (χ4n) is 2.54. The van der Waals surface area contributed by atoms with Crippen molar-refractivity contribution in [2.45, 2.75) is 70.8 Å². The first-order valence-electron chi connectivity index (χ1n) is 7.92. The zero-order valence-corrected chi connectivity index (χ0v) is 13.7. The minimum Gasteiger partial charge on any atom is -0.444 e. The van der Waals surface area contributed by atoms with Crippen LogP contribution < -0.4 is 5.32 Å². The average molecular weight is 306 g/mol. The molecule has 5 nitrogen and oxygen atoms in total. The Kier molecular flexibility index (Phi) is 5.77. The van der Waals surface area contributed by atoms with E-state index in [-0.39, 0.29) is 18.2 Å². The van der Waals surface area contributed by atoms with Crippen LogP contribution in [0.15, 0.2) is 24.5 Å². The maximum absolute atomic E-state index is 11.7. The minimum atomic E-state index is -0.449. The van der Waals surface area contributed by atoms with Gasteiger partial charge in [-0.3, -0.25) is 4.98 Å². The predicted octanol–water partition coefficient (Wildman–Crippen LogP) is 3.43. The van der Waals surface area contributed by atoms with Gasteiger partial charge in [0.2, 0.25) is 0 Å². The zero-order valence-electron chi connectivity index (χ0n) is 13.7. The van der Waals surface area contributed by atoms with Crippen molar-refractivity contribution in [1.29, 1.82) is 0 Å². The predicted molar refractivity (Wildman–Crippen MR) is 84.4 cm³/mol. The third kappa shape index (κ3) is 6.02. The van der Waals surface area contributed by atoms with Crippen molar-refractivity contribution in [3.05, 3.63) is 30.1 Å². The second-order valence-electron chi connectivity index (χ2n) is 6.79. The summed E-state index contributed by atoms with van der Waals surface area (Å²) in [7, 11) is 0. The van der Waals surface area contributed by atoms with Crippen molar-refractivity contribution in [3.8, 4) is 0 Å². The summed E-state index contributed by atoms with van der Waals surface area (Å²) in [5.41, 5.74) is 0.693. The van der Waals surface area contributed by atoms with Gasteiger partial charge in [0.15, 0.2) is 0 Å². The molecule has 2 rings (SSSR count). The monoisotopic (exact) mass is 306 g/mol. The number of hydrogen-bond acceptors (Lipinski definition) is 4. The molecule has 1 heterocycles. The van der Waals surface area contributed by atoms with Crippen molar-refractivity contribution >= 4 is 6.09 Å². The molecule has 0 bridgehead atoms. The van der Waals surface area contributed by atoms with Crippen molar-refractivity contribution in [2.24, 2.45) is 0 Å². The molecule has 1 fully saturated rings. The summed E-state index contributed by atoms with van der Waals surface area (Å²) in [6.45, 7) is 6.24. The van der Waals surface area contributed by atoms with E-state index in [0.717, 1.165) is 31.2 Å². The fraction of sp³-hybridized carbons (Fsp3) is 0.647. The summed E-state index contributed by atoms with van der Waals surface area (Å²) < 4.78 is 11.2. The van der Waals surface area contributed by atoms with Gasteiger partial charge in [-0.05, 0) is 64.2 Å². The van der Waals surface area contributed by atoms with Crippen LogP contribution in [0.25, 0.3) is 0 Å². The first kappa shape index (κ1) is 16.7. The molecule has 0 aliphatic heterocycles. The van der Waals surface area contributed by atoms with Crippen LogP contribution in [0.4, 0.5) is 4.79 Å². The third-order valence-corrected chi connectivity index (χ3v) is 3.63. The van der Waals surface area contributed by atoms with E-state index in [4.69, 9.17) is 9.47 Å². The molecular weight excluding hydrogens is 280 g/mol. The van der Waals surface area contributed by atoms with Crippen LogP contribution in [0.1, 0.15) is 52.0 Å². The Morgan fingerprint density at radius 2 is 1.86 bits per heavy atom. The lowest BCUT2D eigenvalue weighted by molar-refractivity contribution is 0.00832. The van der Waals surface area contributed by atoms with E-state index in [2.05, 4.69) is 10.3 Å². The Balaban J connectivity index is 1.66. The molecule has 1 aliphatic rings. The number of carbonyl (C=O) groups is 1. The molecule has 1 N–H and O–H groups in total. The van der Waals surface area contributed by atoms with E-state index in [1.165, 1.54) is 0 Å². The fourth-order valence-corrected chi connectivity index (χ4v) is 2.54. The van der Waals surface area contributed by atoms with Crippen LogP contribution in [-0.2, 0) is 16.1 Å². The number of carbonyl (C=O) groups excluding carboxylic acids is 1. The molecule has 1 aliphatic carbocycles. The topological polar surface area (TPSA) is 60.5 Å². The Hall–Kier alpha value is -1.62. The highest BCUT2D eigenvalue weighted by Crippen LogP contribution is 2.22. The summed E-state index contributed by atoms with van der Waals surface area (Å²) in [5, 5.41) is 2.94. The van der Waals surface area contributed by atoms with Crippen molar-refractivity contribution in [3.63, 3.8) is 0 Å². The van der Waals surface area contributed by atoms with Gasteiger partial charge in [0.25, 0.3) is 0 Å². The number of alkyl carbamates (subject to hydrolysis) is 1. The van der Waals surface area contributed by atoms with E-state index in [1.807, 2.05) is 32.9 Å². The lowest BCUT2D eigenvalue weighted by Gasteiger charge is -2.30. The molecule has 0 saturated heterocycles. The summed E-state index contributed by atoms with van der Waals surface area (Å²) in [5.74, 6) is 0. The van der Waals surface area contributed by atoms with Crippen molar-refractivity contribution in [1.82, 2.24) is 10.3 Å². The first-order valence-corrected chi connectivity index (χ1v) is 7.92. The highest BCUT2D eigenvalue weighted by atomic mass is 16.6. The number of rotatable bonds is 4. The van der Waals surface area contributed by atoms with Crippen LogP contribution in [-0.4, -0.2) is 28.8 Å². The maximum Gasteiger partial charge on any atom is 0.407 e. The summed E-state index contributed by atoms with van der Waals surface area (Å²) in [6.07, 6.45) is 7.29. The van der Waals surface area contributed by atoms with Crippen LogP contribution in [0.5, 0.6) is 0 Å². The van der Waals surface area contributed by atoms with Gasteiger partial charge >= 0.3 is 6.09 Å². The highest BCUT2D eigenvalue weighted by molar-refractivity contribution is 5.68. The molecule has 22 heavy (non-hydrogen) atoms. The number of nitrogens with one attached hydrogen (secondary N) is 1. The number of nitrogens with zero attached hydrogens (tertiary/aromatic N) is 1. The first-order chi connectivity index (χ1) is 10.4. The molecule has 1 aromatic rings. The molecule has 1 aromatic heterocycles. The largest absolute Gasteiger partial charge is 0.444 e. The molecule has 1 amide bonds. The normalized spacial score (nSPS) is 22.1. The lowest BCUT2D eigenvalue weighted by Crippen LogP contribution is -2.41. The van der Waals surface area contributed by atoms with Gasteiger partial charge in [-0.25, -0.2) is 4.79 Å². The number of amides is 1. The third-order valence-electron chi connectivity index (χ3n) is 3.63. The van der Waals surface area contributed by atoms with E-state index in [9.17, 15) is 4.79 Å². The number of ether oxygens (including phenoxy) is 2. The number of hydrogen-bond donors (Lipinski definition) is 1. The standard InChI is InChI=1S/C17H26N2O3/c1-17(2,3)22-16(20)19-14-4-6-15(7-5-14)21-12-13-8-10-18-11-9-13/h8-11,14-15H,4-7,12H2,1-3H3,(H,19,20). The Morgan fingerprint density at radius 3 is 2.45 bits per heavy atom. The van der Waals surface area contributed by atoms with Gasteiger partial charge in [-0.2, -0.15) is 0 Å². The molecule has 122 valence electrons. The molecule has 0 aromatic carbocycles. The van der Waals surface area contributed by atoms with Gasteiger partial charge in [0, 0.05) is 18.4 Å². The molecular formula is C17H26N2O3. The van der Waals surface area contributed by atoms with Crippen molar-refractivity contribution < 1.29 is 14.3 Å². The van der Waals surface area contributed by atoms with Gasteiger partial charge in [-0.15, -0.1) is 0 Å². The Bertz CT molecular complexity index is 463. The summed E-state index contributed by atoms with van der Waals surface area (Å²) in [4.78, 5) is 15.7. The second-order valence-corrected chi connectivity index (χ2v) is 6.79. The van der Waals surface area contributed by atoms with Crippen LogP contribution in [0.3, 0.4) is 0 Å². The van der Waals surface area contributed by atoms with Crippen LogP contribution in [0, 0.1) is 0 Å². The van der Waals surface area contributed by atoms with E-state index < -0.39 is 5.60 Å². The molecule has 0 radical (unpaired) electrons. The van der Waals surface area contributed by atoms with Crippen LogP contribution >= 0.6 is 0 Å². The maximum atomic E-state index is 11.7. The van der Waals surface area contributed by atoms with Gasteiger partial charge in [0.05, 0.1) is 12.7 Å². The van der Waals surface area contributed by atoms with Gasteiger partial charge < -0.3 is 14.8 Å². The molecule has 0 unspecified atom stereocenters. The molecule has 5 heteroatoms. The van der Waals surface area contributed by atoms with E-state index in [1.54, 1.807) is 12.4 Å². The smallest absolute Gasteiger partial charge is 0.407 e. The number of pyridine rings is 1. The zero-order chi connectivity index (χ0) is 16.0. The van der Waals surface area contributed by atoms with Gasteiger partial charge in [-0.1, -0.05) is 0 Å². The Labute approximate surface area is 132 Å². The average Bonchev–Trinajstić information content (AvgIpc) is 2.45. The lowest BCUT2D eigenvalue weighted by atomic mass is 9.93. The Morgan fingerprint density at radius 1 is 1.23 bits per heavy atom. The second kappa shape index (κ2) is 7.58. The quantitative estimate of drug-likeness (QED) is 0.925. The molecule has 0 spiro atoms. The molecule has 0 atom stereocenters. The van der Waals surface area contributed by atoms with Crippen LogP contribution in [0.2, 0.25) is 0 Å². The van der Waals surface area contributed by atoms with Crippen molar-refractivity contribution in [2.75, 3.05) is 0 Å². The summed E-state index contributed by atoms with van der Waals surface area (Å²) >= 11 is 0. The van der Waals surface area contributed by atoms with E-state index in [0.29, 0.717) is 6.61 Å². The highest BCUT2D eigenvalue weighted by Gasteiger charge is 2.25. The SMILES string of the molecule is CC(C)(C)OC(=O)NC1CCC(OCc2ccncc2)CC1. The number of aromatic nitrogens is 1.